The summed E-state index contributed by atoms with van der Waals surface area (Å²) in [7, 11) is 1.96. The van der Waals surface area contributed by atoms with Gasteiger partial charge < -0.3 is 15.1 Å². The van der Waals surface area contributed by atoms with Crippen molar-refractivity contribution in [1.29, 1.82) is 0 Å². The maximum atomic E-state index is 12.9. The summed E-state index contributed by atoms with van der Waals surface area (Å²) < 4.78 is 0. The van der Waals surface area contributed by atoms with Crippen LogP contribution in [0.3, 0.4) is 0 Å². The highest BCUT2D eigenvalue weighted by Gasteiger charge is 2.31. The number of rotatable bonds is 4. The molecule has 1 saturated heterocycles. The highest BCUT2D eigenvalue weighted by Crippen LogP contribution is 2.33. The zero-order valence-electron chi connectivity index (χ0n) is 15.1. The summed E-state index contributed by atoms with van der Waals surface area (Å²) in [6.45, 7) is 4.13. The van der Waals surface area contributed by atoms with Crippen molar-refractivity contribution in [3.05, 3.63) is 41.6 Å². The first-order chi connectivity index (χ1) is 12.1. The number of hydrogen-bond donors (Lipinski definition) is 1. The van der Waals surface area contributed by atoms with Crippen LogP contribution < -0.4 is 5.32 Å². The molecule has 2 amide bonds. The molecule has 0 aliphatic carbocycles. The van der Waals surface area contributed by atoms with Crippen molar-refractivity contribution >= 4 is 17.9 Å². The van der Waals surface area contributed by atoms with Crippen LogP contribution in [0.5, 0.6) is 0 Å². The Kier molecular flexibility index (Phi) is 5.53. The van der Waals surface area contributed by atoms with Crippen molar-refractivity contribution < 1.29 is 9.59 Å². The first-order valence-electron chi connectivity index (χ1n) is 9.08. The molecule has 1 aromatic rings. The van der Waals surface area contributed by atoms with E-state index in [1.807, 2.05) is 48.5 Å². The van der Waals surface area contributed by atoms with Gasteiger partial charge in [-0.05, 0) is 49.6 Å². The number of carbonyl (C=O) groups excluding carboxylic acids is 2. The molecule has 0 radical (unpaired) electrons. The van der Waals surface area contributed by atoms with E-state index in [1.54, 1.807) is 11.8 Å². The van der Waals surface area contributed by atoms with Crippen LogP contribution >= 0.6 is 0 Å². The summed E-state index contributed by atoms with van der Waals surface area (Å²) >= 11 is 0. The van der Waals surface area contributed by atoms with Gasteiger partial charge in [0.2, 0.25) is 11.8 Å². The molecular formula is C20H27N3O2. The highest BCUT2D eigenvalue weighted by atomic mass is 16.2. The van der Waals surface area contributed by atoms with E-state index in [0.29, 0.717) is 12.3 Å². The number of nitrogens with one attached hydrogen (secondary N) is 1. The lowest BCUT2D eigenvalue weighted by atomic mass is 9.92. The van der Waals surface area contributed by atoms with E-state index in [2.05, 4.69) is 5.32 Å². The highest BCUT2D eigenvalue weighted by molar-refractivity contribution is 5.82. The minimum Gasteiger partial charge on any atom is -0.342 e. The quantitative estimate of drug-likeness (QED) is 0.915. The molecule has 134 valence electrons. The second-order valence-electron chi connectivity index (χ2n) is 7.00. The lowest BCUT2D eigenvalue weighted by Gasteiger charge is -2.36. The van der Waals surface area contributed by atoms with Crippen LogP contribution in [0.25, 0.3) is 6.08 Å². The molecule has 1 aromatic carbocycles. The number of fused-ring (bicyclic) bond motifs is 1. The monoisotopic (exact) mass is 341 g/mol. The maximum Gasteiger partial charge on any atom is 0.225 e. The predicted octanol–water partition coefficient (Wildman–Crippen LogP) is 2.41. The van der Waals surface area contributed by atoms with Crippen LogP contribution in [0.2, 0.25) is 0 Å². The predicted molar refractivity (Wildman–Crippen MR) is 98.6 cm³/mol. The summed E-state index contributed by atoms with van der Waals surface area (Å²) in [6.07, 6.45) is 6.31. The third-order valence-corrected chi connectivity index (χ3v) is 5.20. The van der Waals surface area contributed by atoms with E-state index in [9.17, 15) is 9.59 Å². The van der Waals surface area contributed by atoms with Gasteiger partial charge in [-0.2, -0.15) is 0 Å². The van der Waals surface area contributed by atoms with Crippen LogP contribution in [0.4, 0.5) is 0 Å². The third kappa shape index (κ3) is 3.93. The smallest absolute Gasteiger partial charge is 0.225 e. The Labute approximate surface area is 149 Å². The summed E-state index contributed by atoms with van der Waals surface area (Å²) in [5.74, 6) is 0.627. The van der Waals surface area contributed by atoms with Gasteiger partial charge in [-0.1, -0.05) is 24.3 Å². The average molecular weight is 341 g/mol. The fourth-order valence-corrected chi connectivity index (χ4v) is 3.95. The zero-order valence-corrected chi connectivity index (χ0v) is 15.1. The van der Waals surface area contributed by atoms with Crippen molar-refractivity contribution in [2.45, 2.75) is 32.2 Å². The number of amides is 2. The minimum absolute atomic E-state index is 0.0322. The molecule has 0 spiro atoms. The molecule has 0 saturated carbocycles. The molecule has 2 atom stereocenters. The summed E-state index contributed by atoms with van der Waals surface area (Å²) in [5.41, 5.74) is 2.14. The van der Waals surface area contributed by atoms with Crippen LogP contribution in [0.15, 0.2) is 30.5 Å². The fourth-order valence-electron chi connectivity index (χ4n) is 3.95. The molecule has 1 fully saturated rings. The summed E-state index contributed by atoms with van der Waals surface area (Å²) in [4.78, 5) is 28.7. The first-order valence-corrected chi connectivity index (χ1v) is 9.08. The number of likely N-dealkylation sites (tertiary alicyclic amines) is 1. The second-order valence-corrected chi connectivity index (χ2v) is 7.00. The lowest BCUT2D eigenvalue weighted by molar-refractivity contribution is -0.136. The molecule has 5 heteroatoms. The number of carbonyl (C=O) groups is 2. The van der Waals surface area contributed by atoms with Crippen LogP contribution in [-0.4, -0.2) is 48.3 Å². The third-order valence-electron chi connectivity index (χ3n) is 5.20. The van der Waals surface area contributed by atoms with Gasteiger partial charge in [0.1, 0.15) is 0 Å². The van der Waals surface area contributed by atoms with Crippen LogP contribution in [0.1, 0.15) is 43.4 Å². The van der Waals surface area contributed by atoms with E-state index < -0.39 is 0 Å². The Bertz CT molecular complexity index is 669. The van der Waals surface area contributed by atoms with Crippen LogP contribution in [0, 0.1) is 5.92 Å². The summed E-state index contributed by atoms with van der Waals surface area (Å²) in [5, 5.41) is 3.21. The SMILES string of the molecule is CNCC1CCCN(C(=O)CC2c3ccccc3C=CN2C(C)=O)C1. The Morgan fingerprint density at radius 2 is 2.08 bits per heavy atom. The van der Waals surface area contributed by atoms with E-state index in [0.717, 1.165) is 37.2 Å². The molecule has 2 aliphatic heterocycles. The van der Waals surface area contributed by atoms with Crippen molar-refractivity contribution in [2.24, 2.45) is 5.92 Å². The number of piperidine rings is 1. The molecule has 0 aromatic heterocycles. The maximum absolute atomic E-state index is 12.9. The normalized spacial score (nSPS) is 22.6. The molecular weight excluding hydrogens is 314 g/mol. The Balaban J connectivity index is 1.76. The molecule has 25 heavy (non-hydrogen) atoms. The number of nitrogens with zero attached hydrogens (tertiary/aromatic N) is 2. The summed E-state index contributed by atoms with van der Waals surface area (Å²) in [6, 6.07) is 7.80. The molecule has 2 heterocycles. The topological polar surface area (TPSA) is 52.7 Å². The van der Waals surface area contributed by atoms with Crippen molar-refractivity contribution in [3.8, 4) is 0 Å². The van der Waals surface area contributed by atoms with Crippen LogP contribution in [-0.2, 0) is 9.59 Å². The molecule has 5 nitrogen and oxygen atoms in total. The molecule has 0 bridgehead atoms. The van der Waals surface area contributed by atoms with Gasteiger partial charge in [0.25, 0.3) is 0 Å². The van der Waals surface area contributed by atoms with Gasteiger partial charge in [0.05, 0.1) is 12.5 Å². The molecule has 2 unspecified atom stereocenters. The van der Waals surface area contributed by atoms with Gasteiger partial charge in [-0.3, -0.25) is 9.59 Å². The molecule has 1 N–H and O–H groups in total. The fraction of sp³-hybridized carbons (Fsp3) is 0.500. The van der Waals surface area contributed by atoms with E-state index in [1.165, 1.54) is 6.42 Å². The second kappa shape index (κ2) is 7.83. The van der Waals surface area contributed by atoms with Gasteiger partial charge >= 0.3 is 0 Å². The Morgan fingerprint density at radius 1 is 1.28 bits per heavy atom. The average Bonchev–Trinajstić information content (AvgIpc) is 2.62. The number of hydrogen-bond acceptors (Lipinski definition) is 3. The van der Waals surface area contributed by atoms with Gasteiger partial charge in [0, 0.05) is 26.2 Å². The minimum atomic E-state index is -0.212. The molecule has 2 aliphatic rings. The van der Waals surface area contributed by atoms with E-state index >= 15 is 0 Å². The van der Waals surface area contributed by atoms with Gasteiger partial charge in [-0.25, -0.2) is 0 Å². The largest absolute Gasteiger partial charge is 0.342 e. The Morgan fingerprint density at radius 3 is 2.84 bits per heavy atom. The lowest BCUT2D eigenvalue weighted by Crippen LogP contribution is -2.44. The van der Waals surface area contributed by atoms with Crippen molar-refractivity contribution in [3.63, 3.8) is 0 Å². The van der Waals surface area contributed by atoms with Crippen molar-refractivity contribution in [1.82, 2.24) is 15.1 Å². The Hall–Kier alpha value is -2.14. The van der Waals surface area contributed by atoms with Crippen molar-refractivity contribution in [2.75, 3.05) is 26.7 Å². The van der Waals surface area contributed by atoms with Gasteiger partial charge in [0.15, 0.2) is 0 Å². The zero-order chi connectivity index (χ0) is 17.8. The standard InChI is InChI=1S/C20H27N3O2/c1-15(24)23-11-9-17-7-3-4-8-18(17)19(23)12-20(25)22-10-5-6-16(14-22)13-21-2/h3-4,7-9,11,16,19,21H,5-6,10,12-14H2,1-2H3. The van der Waals surface area contributed by atoms with Gasteiger partial charge in [-0.15, -0.1) is 0 Å². The molecule has 3 rings (SSSR count). The first kappa shape index (κ1) is 17.7. The van der Waals surface area contributed by atoms with E-state index in [-0.39, 0.29) is 17.9 Å². The number of benzene rings is 1. The van der Waals surface area contributed by atoms with E-state index in [4.69, 9.17) is 0 Å².